The number of fused-ring (bicyclic) bond motifs is 1. The molecule has 59 heavy (non-hydrogen) atoms. The van der Waals surface area contributed by atoms with Crippen molar-refractivity contribution in [1.29, 1.82) is 0 Å². The SMILES string of the molecule is CCOc1cccc(-c2ccc(C(=O)N3CCN(c4ccc(C(=O)NS(=O)(=O)c5ccc(NCCSc6ccccc6)c(C(F)(F)F)c5)nn4)CC3)c3ccccc23)c1. The summed E-state index contributed by atoms with van der Waals surface area (Å²) in [6.07, 6.45) is -4.87. The lowest BCUT2D eigenvalue weighted by atomic mass is 9.94. The fourth-order valence-corrected chi connectivity index (χ4v) is 8.54. The molecule has 11 nitrogen and oxygen atoms in total. The zero-order chi connectivity index (χ0) is 41.6. The predicted molar refractivity (Wildman–Crippen MR) is 222 cm³/mol. The number of carbonyl (C=O) groups is 2. The molecule has 1 aromatic heterocycles. The monoisotopic (exact) mass is 840 g/mol. The number of thioether (sulfide) groups is 1. The summed E-state index contributed by atoms with van der Waals surface area (Å²) in [5, 5.41) is 12.5. The first-order chi connectivity index (χ1) is 28.4. The van der Waals surface area contributed by atoms with Crippen LogP contribution in [0.4, 0.5) is 24.7 Å². The Balaban J connectivity index is 0.966. The first-order valence-electron chi connectivity index (χ1n) is 18.7. The van der Waals surface area contributed by atoms with E-state index in [-0.39, 0.29) is 23.8 Å². The van der Waals surface area contributed by atoms with Crippen LogP contribution in [0, 0.1) is 0 Å². The van der Waals surface area contributed by atoms with E-state index in [2.05, 4.69) is 15.5 Å². The Morgan fingerprint density at radius 3 is 2.27 bits per heavy atom. The minimum Gasteiger partial charge on any atom is -0.494 e. The molecule has 6 aromatic rings. The van der Waals surface area contributed by atoms with Gasteiger partial charge >= 0.3 is 6.18 Å². The normalized spacial score (nSPS) is 13.3. The van der Waals surface area contributed by atoms with Gasteiger partial charge in [0.25, 0.3) is 21.8 Å². The van der Waals surface area contributed by atoms with Crippen LogP contribution in [0.1, 0.15) is 33.3 Å². The number of alkyl halides is 3. The third-order valence-corrected chi connectivity index (χ3v) is 12.0. The van der Waals surface area contributed by atoms with Gasteiger partial charge in [0.15, 0.2) is 11.5 Å². The van der Waals surface area contributed by atoms with Crippen LogP contribution in [0.25, 0.3) is 21.9 Å². The molecule has 0 bridgehead atoms. The standard InChI is InChI=1S/C43H39F3N6O5S2/c1-2-57-30-10-8-9-29(27-30)33-16-17-36(35-14-7-6-13-34(33)35)42(54)52-24-22-51(23-25-52)40-20-19-39(48-49-40)41(53)50-59(55,56)32-15-18-38(37(28-32)43(44,45)46)47-21-26-58-31-11-4-3-5-12-31/h3-20,27-28,47H,2,21-26H2,1H3,(H,50,53). The summed E-state index contributed by atoms with van der Waals surface area (Å²) in [7, 11) is -4.72. The highest BCUT2D eigenvalue weighted by molar-refractivity contribution is 7.99. The summed E-state index contributed by atoms with van der Waals surface area (Å²) in [5.41, 5.74) is 0.727. The van der Waals surface area contributed by atoms with Crippen LogP contribution >= 0.6 is 11.8 Å². The van der Waals surface area contributed by atoms with E-state index in [9.17, 15) is 31.2 Å². The lowest BCUT2D eigenvalue weighted by molar-refractivity contribution is -0.137. The summed E-state index contributed by atoms with van der Waals surface area (Å²) in [6.45, 7) is 4.27. The summed E-state index contributed by atoms with van der Waals surface area (Å²) < 4.78 is 75.8. The highest BCUT2D eigenvalue weighted by Gasteiger charge is 2.35. The van der Waals surface area contributed by atoms with E-state index in [4.69, 9.17) is 4.74 Å². The van der Waals surface area contributed by atoms with Crippen molar-refractivity contribution >= 4 is 55.9 Å². The molecule has 0 saturated carbocycles. The molecular weight excluding hydrogens is 802 g/mol. The number of hydrogen-bond donors (Lipinski definition) is 2. The highest BCUT2D eigenvalue weighted by Crippen LogP contribution is 2.37. The van der Waals surface area contributed by atoms with Crippen LogP contribution in [-0.4, -0.2) is 80.4 Å². The van der Waals surface area contributed by atoms with Gasteiger partial charge in [0.05, 0.1) is 17.1 Å². The lowest BCUT2D eigenvalue weighted by Crippen LogP contribution is -2.49. The maximum atomic E-state index is 14.0. The Kier molecular flexibility index (Phi) is 12.4. The molecule has 16 heteroatoms. The number of carbonyl (C=O) groups excluding carboxylic acids is 2. The molecule has 0 atom stereocenters. The summed E-state index contributed by atoms with van der Waals surface area (Å²) in [4.78, 5) is 30.7. The third-order valence-electron chi connectivity index (χ3n) is 9.65. The van der Waals surface area contributed by atoms with Gasteiger partial charge in [0, 0.05) is 54.6 Å². The number of piperazine rings is 1. The molecule has 5 aromatic carbocycles. The summed E-state index contributed by atoms with van der Waals surface area (Å²) in [6, 6.07) is 34.1. The minimum atomic E-state index is -4.87. The molecule has 2 heterocycles. The smallest absolute Gasteiger partial charge is 0.418 e. The maximum absolute atomic E-state index is 14.0. The van der Waals surface area contributed by atoms with Crippen molar-refractivity contribution in [1.82, 2.24) is 19.8 Å². The van der Waals surface area contributed by atoms with Gasteiger partial charge in [-0.3, -0.25) is 9.59 Å². The quantitative estimate of drug-likeness (QED) is 0.0871. The van der Waals surface area contributed by atoms with Gasteiger partial charge in [-0.1, -0.05) is 60.7 Å². The van der Waals surface area contributed by atoms with E-state index < -0.39 is 32.6 Å². The second-order valence-corrected chi connectivity index (χ2v) is 16.3. The highest BCUT2D eigenvalue weighted by atomic mass is 32.2. The van der Waals surface area contributed by atoms with Crippen LogP contribution in [0.2, 0.25) is 0 Å². The number of anilines is 2. The topological polar surface area (TPSA) is 134 Å². The molecule has 0 radical (unpaired) electrons. The number of hydrogen-bond acceptors (Lipinski definition) is 10. The fraction of sp³-hybridized carbons (Fsp3) is 0.209. The van der Waals surface area contributed by atoms with Gasteiger partial charge in [-0.25, -0.2) is 13.1 Å². The number of sulfonamides is 1. The maximum Gasteiger partial charge on any atom is 0.418 e. The Labute approximate surface area is 343 Å². The number of nitrogens with one attached hydrogen (secondary N) is 2. The van der Waals surface area contributed by atoms with Crippen LogP contribution in [0.3, 0.4) is 0 Å². The van der Waals surface area contributed by atoms with Crippen molar-refractivity contribution < 1.29 is 35.9 Å². The van der Waals surface area contributed by atoms with Gasteiger partial charge in [0.1, 0.15) is 5.75 Å². The number of amides is 2. The first-order valence-corrected chi connectivity index (χ1v) is 21.2. The van der Waals surface area contributed by atoms with Crippen molar-refractivity contribution in [2.24, 2.45) is 0 Å². The van der Waals surface area contributed by atoms with E-state index in [1.165, 1.54) is 23.9 Å². The second kappa shape index (κ2) is 17.8. The number of aromatic nitrogens is 2. The van der Waals surface area contributed by atoms with Crippen molar-refractivity contribution in [3.63, 3.8) is 0 Å². The van der Waals surface area contributed by atoms with E-state index in [0.29, 0.717) is 56.0 Å². The molecule has 0 unspecified atom stereocenters. The molecule has 1 fully saturated rings. The van der Waals surface area contributed by atoms with Crippen molar-refractivity contribution in [3.05, 3.63) is 138 Å². The van der Waals surface area contributed by atoms with Crippen molar-refractivity contribution in [2.75, 3.05) is 55.3 Å². The molecule has 1 aliphatic rings. The van der Waals surface area contributed by atoms with Gasteiger partial charge in [-0.05, 0) is 89.5 Å². The Morgan fingerprint density at radius 1 is 0.814 bits per heavy atom. The second-order valence-electron chi connectivity index (χ2n) is 13.5. The molecule has 304 valence electrons. The minimum absolute atomic E-state index is 0.110. The Bertz CT molecular complexity index is 2570. The van der Waals surface area contributed by atoms with Crippen molar-refractivity contribution in [2.45, 2.75) is 22.9 Å². The summed E-state index contributed by atoms with van der Waals surface area (Å²) >= 11 is 1.46. The zero-order valence-electron chi connectivity index (χ0n) is 31.8. The number of nitrogens with zero attached hydrogens (tertiary/aromatic N) is 4. The predicted octanol–water partition coefficient (Wildman–Crippen LogP) is 8.00. The fourth-order valence-electron chi connectivity index (χ4n) is 6.77. The third kappa shape index (κ3) is 9.61. The van der Waals surface area contributed by atoms with Crippen LogP contribution in [0.5, 0.6) is 5.75 Å². The number of rotatable bonds is 13. The lowest BCUT2D eigenvalue weighted by Gasteiger charge is -2.35. The number of ether oxygens (including phenoxy) is 1. The molecule has 7 rings (SSSR count). The molecule has 2 N–H and O–H groups in total. The van der Waals surface area contributed by atoms with Crippen molar-refractivity contribution in [3.8, 4) is 16.9 Å². The van der Waals surface area contributed by atoms with Gasteiger partial charge < -0.3 is 19.9 Å². The Morgan fingerprint density at radius 2 is 1.56 bits per heavy atom. The average molecular weight is 841 g/mol. The van der Waals surface area contributed by atoms with Crippen LogP contribution in [0.15, 0.2) is 131 Å². The number of benzene rings is 5. The average Bonchev–Trinajstić information content (AvgIpc) is 3.25. The first kappa shape index (κ1) is 41.0. The van der Waals surface area contributed by atoms with E-state index in [1.54, 1.807) is 9.62 Å². The van der Waals surface area contributed by atoms with E-state index in [0.717, 1.165) is 44.7 Å². The molecule has 1 aliphatic heterocycles. The van der Waals surface area contributed by atoms with Gasteiger partial charge in [-0.15, -0.1) is 22.0 Å². The molecule has 2 amide bonds. The Hall–Kier alpha value is -6.13. The van der Waals surface area contributed by atoms with Crippen LogP contribution < -0.4 is 19.7 Å². The molecule has 0 spiro atoms. The largest absolute Gasteiger partial charge is 0.494 e. The molecule has 1 saturated heterocycles. The molecule has 0 aliphatic carbocycles. The van der Waals surface area contributed by atoms with Crippen LogP contribution in [-0.2, 0) is 16.2 Å². The molecular formula is C43H39F3N6O5S2. The number of halogens is 3. The van der Waals surface area contributed by atoms with E-state index in [1.807, 2.05) is 103 Å². The van der Waals surface area contributed by atoms with Gasteiger partial charge in [0.2, 0.25) is 0 Å². The summed E-state index contributed by atoms with van der Waals surface area (Å²) in [5.74, 6) is 0.367. The van der Waals surface area contributed by atoms with E-state index >= 15 is 0 Å². The van der Waals surface area contributed by atoms with Gasteiger partial charge in [-0.2, -0.15) is 13.2 Å². The zero-order valence-corrected chi connectivity index (χ0v) is 33.4.